The summed E-state index contributed by atoms with van der Waals surface area (Å²) in [6.07, 6.45) is 0. The van der Waals surface area contributed by atoms with Crippen molar-refractivity contribution in [2.24, 2.45) is 0 Å². The van der Waals surface area contributed by atoms with E-state index in [-0.39, 0.29) is 18.3 Å². The molecule has 1 aromatic heterocycles. The number of likely N-dealkylation sites (N-methyl/N-ethyl adjacent to an activating group) is 1. The molecule has 1 fully saturated rings. The van der Waals surface area contributed by atoms with E-state index >= 15 is 0 Å². The molecule has 1 aliphatic rings. The minimum atomic E-state index is 0. The Labute approximate surface area is 129 Å². The fourth-order valence-corrected chi connectivity index (χ4v) is 2.58. The highest BCUT2D eigenvalue weighted by molar-refractivity contribution is 6.31. The summed E-state index contributed by atoms with van der Waals surface area (Å²) in [5, 5.41) is 1.66. The Hall–Kier alpha value is -1.23. The number of fused-ring (bicyclic) bond motifs is 1. The molecule has 0 saturated carbocycles. The Bertz CT molecular complexity index is 618. The molecular formula is C14H16Cl2N3O-. The van der Waals surface area contributed by atoms with Gasteiger partial charge in [-0.15, -0.1) is 0 Å². The topological polar surface area (TPSA) is 39.3 Å². The van der Waals surface area contributed by atoms with Gasteiger partial charge in [0.1, 0.15) is 5.69 Å². The fourth-order valence-electron chi connectivity index (χ4n) is 2.40. The van der Waals surface area contributed by atoms with Crippen LogP contribution in [0.2, 0.25) is 5.02 Å². The minimum absolute atomic E-state index is 0. The lowest BCUT2D eigenvalue weighted by atomic mass is 10.2. The van der Waals surface area contributed by atoms with Crippen LogP contribution in [0.3, 0.4) is 0 Å². The van der Waals surface area contributed by atoms with Crippen molar-refractivity contribution in [2.45, 2.75) is 0 Å². The van der Waals surface area contributed by atoms with E-state index in [1.54, 1.807) is 0 Å². The number of halogens is 2. The monoisotopic (exact) mass is 312 g/mol. The Balaban J connectivity index is 0.00000147. The molecule has 20 heavy (non-hydrogen) atoms. The van der Waals surface area contributed by atoms with Crippen molar-refractivity contribution >= 4 is 28.4 Å². The zero-order chi connectivity index (χ0) is 13.4. The maximum atomic E-state index is 12.4. The predicted molar refractivity (Wildman–Crippen MR) is 76.7 cm³/mol. The molecule has 0 unspecified atom stereocenters. The average Bonchev–Trinajstić information content (AvgIpc) is 2.81. The first-order chi connectivity index (χ1) is 9.13. The van der Waals surface area contributed by atoms with Crippen molar-refractivity contribution in [1.82, 2.24) is 14.8 Å². The van der Waals surface area contributed by atoms with Crippen molar-refractivity contribution < 1.29 is 17.2 Å². The van der Waals surface area contributed by atoms with Gasteiger partial charge in [-0.3, -0.25) is 4.79 Å². The molecule has 2 heterocycles. The molecule has 0 aliphatic carbocycles. The minimum Gasteiger partial charge on any atom is -1.00 e. The summed E-state index contributed by atoms with van der Waals surface area (Å²) in [7, 11) is 2.08. The second kappa shape index (κ2) is 6.04. The van der Waals surface area contributed by atoms with Crippen LogP contribution in [-0.4, -0.2) is 53.9 Å². The first kappa shape index (κ1) is 15.2. The largest absolute Gasteiger partial charge is 1.00 e. The predicted octanol–water partition coefficient (Wildman–Crippen LogP) is -0.787. The molecule has 108 valence electrons. The normalized spacial score (nSPS) is 16.2. The number of rotatable bonds is 1. The molecule has 6 heteroatoms. The number of H-pyrrole nitrogens is 1. The smallest absolute Gasteiger partial charge is 0.270 e. The molecule has 0 spiro atoms. The van der Waals surface area contributed by atoms with Gasteiger partial charge >= 0.3 is 0 Å². The highest BCUT2D eigenvalue weighted by Crippen LogP contribution is 2.21. The van der Waals surface area contributed by atoms with Gasteiger partial charge in [0.15, 0.2) is 0 Å². The number of nitrogens with zero attached hydrogens (tertiary/aromatic N) is 2. The zero-order valence-electron chi connectivity index (χ0n) is 11.2. The number of carbonyl (C=O) groups is 1. The molecule has 3 rings (SSSR count). The maximum absolute atomic E-state index is 12.4. The van der Waals surface area contributed by atoms with E-state index in [1.165, 1.54) is 0 Å². The highest BCUT2D eigenvalue weighted by Gasteiger charge is 2.21. The number of piperazine rings is 1. The second-order valence-electron chi connectivity index (χ2n) is 5.01. The molecule has 0 bridgehead atoms. The number of hydrogen-bond acceptors (Lipinski definition) is 2. The number of aromatic nitrogens is 1. The van der Waals surface area contributed by atoms with Crippen molar-refractivity contribution in [1.29, 1.82) is 0 Å². The standard InChI is InChI=1S/C14H16ClN3O.ClH/c1-17-4-6-18(7-5-17)14(19)13-9-10-8-11(15)2-3-12(10)16-13;/h2-3,8-9,16H,4-7H2,1H3;1H/p-1. The van der Waals surface area contributed by atoms with E-state index < -0.39 is 0 Å². The van der Waals surface area contributed by atoms with Crippen LogP contribution in [0, 0.1) is 0 Å². The third-order valence-corrected chi connectivity index (χ3v) is 3.84. The van der Waals surface area contributed by atoms with E-state index in [2.05, 4.69) is 16.9 Å². The van der Waals surface area contributed by atoms with Crippen molar-refractivity contribution in [3.8, 4) is 0 Å². The third-order valence-electron chi connectivity index (χ3n) is 3.60. The second-order valence-corrected chi connectivity index (χ2v) is 5.45. The van der Waals surface area contributed by atoms with Crippen LogP contribution >= 0.6 is 11.6 Å². The first-order valence-electron chi connectivity index (χ1n) is 6.39. The molecule has 1 amide bonds. The number of hydrogen-bond donors (Lipinski definition) is 1. The summed E-state index contributed by atoms with van der Waals surface area (Å²) in [6.45, 7) is 3.42. The Morgan fingerprint density at radius 2 is 1.90 bits per heavy atom. The van der Waals surface area contributed by atoms with Gasteiger partial charge < -0.3 is 27.2 Å². The third kappa shape index (κ3) is 2.92. The van der Waals surface area contributed by atoms with Crippen molar-refractivity contribution in [3.05, 3.63) is 35.0 Å². The van der Waals surface area contributed by atoms with Crippen LogP contribution in [-0.2, 0) is 0 Å². The number of carbonyl (C=O) groups excluding carboxylic acids is 1. The van der Waals surface area contributed by atoms with Crippen molar-refractivity contribution in [2.75, 3.05) is 33.2 Å². The van der Waals surface area contributed by atoms with E-state index in [4.69, 9.17) is 11.6 Å². The Kier molecular flexibility index (Phi) is 4.58. The van der Waals surface area contributed by atoms with Gasteiger partial charge in [0.05, 0.1) is 0 Å². The van der Waals surface area contributed by atoms with Crippen LogP contribution in [0.5, 0.6) is 0 Å². The van der Waals surface area contributed by atoms with Gasteiger partial charge in [-0.05, 0) is 31.3 Å². The quantitative estimate of drug-likeness (QED) is 0.750. The summed E-state index contributed by atoms with van der Waals surface area (Å²) in [5.74, 6) is 0.0698. The summed E-state index contributed by atoms with van der Waals surface area (Å²) in [6, 6.07) is 7.47. The summed E-state index contributed by atoms with van der Waals surface area (Å²) in [4.78, 5) is 19.7. The molecule has 2 aromatic rings. The lowest BCUT2D eigenvalue weighted by Gasteiger charge is -2.32. The van der Waals surface area contributed by atoms with Crippen LogP contribution < -0.4 is 12.4 Å². The van der Waals surface area contributed by atoms with Gasteiger partial charge in [0.2, 0.25) is 0 Å². The van der Waals surface area contributed by atoms with Gasteiger partial charge in [-0.25, -0.2) is 0 Å². The summed E-state index contributed by atoms with van der Waals surface area (Å²) < 4.78 is 0. The van der Waals surface area contributed by atoms with Crippen LogP contribution in [0.1, 0.15) is 10.5 Å². The van der Waals surface area contributed by atoms with E-state index in [9.17, 15) is 4.79 Å². The number of amides is 1. The van der Waals surface area contributed by atoms with E-state index in [1.807, 2.05) is 29.2 Å². The molecule has 0 atom stereocenters. The average molecular weight is 313 g/mol. The molecular weight excluding hydrogens is 297 g/mol. The van der Waals surface area contributed by atoms with Crippen LogP contribution in [0.15, 0.2) is 24.3 Å². The van der Waals surface area contributed by atoms with Gasteiger partial charge in [0, 0.05) is 42.1 Å². The SMILES string of the molecule is CN1CCN(C(=O)c2cc3cc(Cl)ccc3[nH]2)CC1.[Cl-]. The Morgan fingerprint density at radius 1 is 1.20 bits per heavy atom. The highest BCUT2D eigenvalue weighted by atomic mass is 35.5. The van der Waals surface area contributed by atoms with Crippen LogP contribution in [0.25, 0.3) is 10.9 Å². The first-order valence-corrected chi connectivity index (χ1v) is 6.77. The lowest BCUT2D eigenvalue weighted by molar-refractivity contribution is -0.0000143. The molecule has 1 saturated heterocycles. The molecule has 0 radical (unpaired) electrons. The van der Waals surface area contributed by atoms with Crippen LogP contribution in [0.4, 0.5) is 0 Å². The van der Waals surface area contributed by atoms with Gasteiger partial charge in [0.25, 0.3) is 5.91 Å². The number of aromatic amines is 1. The van der Waals surface area contributed by atoms with Gasteiger partial charge in [-0.2, -0.15) is 0 Å². The van der Waals surface area contributed by atoms with Crippen molar-refractivity contribution in [3.63, 3.8) is 0 Å². The van der Waals surface area contributed by atoms with E-state index in [0.29, 0.717) is 10.7 Å². The number of benzene rings is 1. The molecule has 4 nitrogen and oxygen atoms in total. The molecule has 1 aromatic carbocycles. The summed E-state index contributed by atoms with van der Waals surface area (Å²) >= 11 is 5.96. The zero-order valence-corrected chi connectivity index (χ0v) is 12.7. The molecule has 1 aliphatic heterocycles. The maximum Gasteiger partial charge on any atom is 0.270 e. The number of nitrogens with one attached hydrogen (secondary N) is 1. The van der Waals surface area contributed by atoms with Gasteiger partial charge in [-0.1, -0.05) is 11.6 Å². The molecule has 1 N–H and O–H groups in total. The Morgan fingerprint density at radius 3 is 2.60 bits per heavy atom. The van der Waals surface area contributed by atoms with E-state index in [0.717, 1.165) is 37.1 Å². The lowest BCUT2D eigenvalue weighted by Crippen LogP contribution is -3.00. The fraction of sp³-hybridized carbons (Fsp3) is 0.357. The summed E-state index contributed by atoms with van der Waals surface area (Å²) in [5.41, 5.74) is 1.59.